The third kappa shape index (κ3) is 2.68. The smallest absolute Gasteiger partial charge is 0.122 e. The molecule has 1 aliphatic heterocycles. The molecule has 0 bridgehead atoms. The van der Waals surface area contributed by atoms with Gasteiger partial charge in [0, 0.05) is 25.7 Å². The van der Waals surface area contributed by atoms with Crippen LogP contribution in [0, 0.1) is 13.8 Å². The minimum Gasteiger partial charge on any atom is -0.496 e. The summed E-state index contributed by atoms with van der Waals surface area (Å²) < 4.78 is 5.35. The molecule has 0 atom stereocenters. The van der Waals surface area contributed by atoms with Crippen molar-refractivity contribution in [3.63, 3.8) is 0 Å². The molecule has 1 aromatic rings. The minimum absolute atomic E-state index is 0.727. The molecule has 1 fully saturated rings. The summed E-state index contributed by atoms with van der Waals surface area (Å²) in [7, 11) is 3.95. The molecule has 0 unspecified atom stereocenters. The molecule has 1 heterocycles. The average Bonchev–Trinajstić information content (AvgIpc) is 2.29. The number of methoxy groups -OCH3 is 1. The number of hydrogen-bond donors (Lipinski definition) is 1. The number of nitrogens with one attached hydrogen (secondary N) is 1. The molecule has 100 valence electrons. The Balaban J connectivity index is 1.98. The van der Waals surface area contributed by atoms with Crippen molar-refractivity contribution >= 4 is 0 Å². The Labute approximate surface area is 110 Å². The van der Waals surface area contributed by atoms with Crippen LogP contribution in [0.25, 0.3) is 0 Å². The molecule has 18 heavy (non-hydrogen) atoms. The third-order valence-electron chi connectivity index (χ3n) is 4.19. The van der Waals surface area contributed by atoms with Crippen LogP contribution in [0.2, 0.25) is 0 Å². The van der Waals surface area contributed by atoms with Gasteiger partial charge in [-0.1, -0.05) is 6.07 Å². The highest BCUT2D eigenvalue weighted by Crippen LogP contribution is 2.24. The van der Waals surface area contributed by atoms with Gasteiger partial charge in [-0.25, -0.2) is 0 Å². The Morgan fingerprint density at radius 3 is 2.56 bits per heavy atom. The Hall–Kier alpha value is -1.06. The van der Waals surface area contributed by atoms with Crippen LogP contribution in [0.5, 0.6) is 5.75 Å². The predicted molar refractivity (Wildman–Crippen MR) is 75.5 cm³/mol. The maximum atomic E-state index is 5.35. The summed E-state index contributed by atoms with van der Waals surface area (Å²) >= 11 is 0. The van der Waals surface area contributed by atoms with Crippen molar-refractivity contribution in [3.05, 3.63) is 28.8 Å². The Morgan fingerprint density at radius 2 is 2.00 bits per heavy atom. The van der Waals surface area contributed by atoms with Crippen molar-refractivity contribution in [1.29, 1.82) is 0 Å². The molecule has 0 spiro atoms. The van der Waals surface area contributed by atoms with Crippen molar-refractivity contribution in [2.45, 2.75) is 26.3 Å². The zero-order chi connectivity index (χ0) is 13.1. The summed E-state index contributed by atoms with van der Waals surface area (Å²) in [5.41, 5.74) is 4.07. The highest BCUT2D eigenvalue weighted by atomic mass is 16.5. The molecule has 1 saturated heterocycles. The van der Waals surface area contributed by atoms with Gasteiger partial charge in [0.2, 0.25) is 0 Å². The molecule has 0 amide bonds. The van der Waals surface area contributed by atoms with E-state index in [4.69, 9.17) is 4.74 Å². The lowest BCUT2D eigenvalue weighted by atomic mass is 9.99. The van der Waals surface area contributed by atoms with Crippen LogP contribution >= 0.6 is 0 Å². The van der Waals surface area contributed by atoms with E-state index >= 15 is 0 Å². The van der Waals surface area contributed by atoms with E-state index in [0.29, 0.717) is 0 Å². The number of hydrogen-bond acceptors (Lipinski definition) is 3. The van der Waals surface area contributed by atoms with E-state index in [1.807, 2.05) is 0 Å². The molecule has 0 aliphatic carbocycles. The highest BCUT2D eigenvalue weighted by Gasteiger charge is 2.21. The highest BCUT2D eigenvalue weighted by molar-refractivity contribution is 5.43. The molecule has 0 aromatic heterocycles. The molecule has 0 saturated carbocycles. The SMILES string of the molecule is COc1ccc(CCN(C)C2CNC2)c(C)c1C. The summed E-state index contributed by atoms with van der Waals surface area (Å²) in [6.07, 6.45) is 1.11. The standard InChI is InChI=1S/C15H24N2O/c1-11-12(2)15(18-4)6-5-13(11)7-8-17(3)14-9-16-10-14/h5-6,14,16H,7-10H2,1-4H3. The molecule has 1 aliphatic rings. The van der Waals surface area contributed by atoms with Gasteiger partial charge in [0.05, 0.1) is 7.11 Å². The summed E-state index contributed by atoms with van der Waals surface area (Å²) in [5, 5.41) is 3.32. The molecule has 1 N–H and O–H groups in total. The first-order chi connectivity index (χ1) is 8.63. The lowest BCUT2D eigenvalue weighted by molar-refractivity contribution is 0.182. The Morgan fingerprint density at radius 1 is 1.28 bits per heavy atom. The fourth-order valence-electron chi connectivity index (χ4n) is 2.41. The second kappa shape index (κ2) is 5.72. The molecule has 3 heteroatoms. The van der Waals surface area contributed by atoms with Crippen LogP contribution in [-0.2, 0) is 6.42 Å². The number of ether oxygens (including phenoxy) is 1. The zero-order valence-electron chi connectivity index (χ0n) is 11.9. The van der Waals surface area contributed by atoms with Crippen molar-refractivity contribution in [1.82, 2.24) is 10.2 Å². The second-order valence-corrected chi connectivity index (χ2v) is 5.22. The number of likely N-dealkylation sites (N-methyl/N-ethyl adjacent to an activating group) is 1. The zero-order valence-corrected chi connectivity index (χ0v) is 11.9. The first kappa shape index (κ1) is 13.4. The fraction of sp³-hybridized carbons (Fsp3) is 0.600. The minimum atomic E-state index is 0.727. The molecular weight excluding hydrogens is 224 g/mol. The quantitative estimate of drug-likeness (QED) is 0.859. The normalized spacial score (nSPS) is 15.8. The summed E-state index contributed by atoms with van der Waals surface area (Å²) in [6, 6.07) is 5.01. The van der Waals surface area contributed by atoms with E-state index in [9.17, 15) is 0 Å². The molecule has 3 nitrogen and oxygen atoms in total. The van der Waals surface area contributed by atoms with Crippen LogP contribution in [0.1, 0.15) is 16.7 Å². The fourth-order valence-corrected chi connectivity index (χ4v) is 2.41. The molecule has 1 aromatic carbocycles. The van der Waals surface area contributed by atoms with Crippen molar-refractivity contribution < 1.29 is 4.74 Å². The van der Waals surface area contributed by atoms with Gasteiger partial charge in [-0.3, -0.25) is 0 Å². The van der Waals surface area contributed by atoms with Crippen LogP contribution in [0.3, 0.4) is 0 Å². The van der Waals surface area contributed by atoms with Crippen molar-refractivity contribution in [3.8, 4) is 5.75 Å². The number of nitrogens with zero attached hydrogens (tertiary/aromatic N) is 1. The maximum absolute atomic E-state index is 5.35. The number of rotatable bonds is 5. The van der Waals surface area contributed by atoms with Gasteiger partial charge in [-0.05, 0) is 50.1 Å². The Kier molecular flexibility index (Phi) is 4.25. The monoisotopic (exact) mass is 248 g/mol. The first-order valence-corrected chi connectivity index (χ1v) is 6.67. The van der Waals surface area contributed by atoms with Crippen molar-refractivity contribution in [2.24, 2.45) is 0 Å². The second-order valence-electron chi connectivity index (χ2n) is 5.22. The van der Waals surface area contributed by atoms with Gasteiger partial charge in [0.1, 0.15) is 5.75 Å². The average molecular weight is 248 g/mol. The summed E-state index contributed by atoms with van der Waals surface area (Å²) in [6.45, 7) is 7.72. The van der Waals surface area contributed by atoms with E-state index in [1.54, 1.807) is 7.11 Å². The van der Waals surface area contributed by atoms with Gasteiger partial charge in [-0.2, -0.15) is 0 Å². The van der Waals surface area contributed by atoms with E-state index in [0.717, 1.165) is 37.8 Å². The van der Waals surface area contributed by atoms with Gasteiger partial charge < -0.3 is 15.0 Å². The van der Waals surface area contributed by atoms with Gasteiger partial charge in [-0.15, -0.1) is 0 Å². The summed E-state index contributed by atoms with van der Waals surface area (Å²) in [4.78, 5) is 2.45. The summed E-state index contributed by atoms with van der Waals surface area (Å²) in [5.74, 6) is 0.993. The van der Waals surface area contributed by atoms with Crippen LogP contribution < -0.4 is 10.1 Å². The van der Waals surface area contributed by atoms with E-state index in [-0.39, 0.29) is 0 Å². The van der Waals surface area contributed by atoms with Crippen LogP contribution in [0.15, 0.2) is 12.1 Å². The molecular formula is C15H24N2O. The Bertz CT molecular complexity index is 413. The lowest BCUT2D eigenvalue weighted by Crippen LogP contribution is -2.56. The topological polar surface area (TPSA) is 24.5 Å². The molecule has 0 radical (unpaired) electrons. The lowest BCUT2D eigenvalue weighted by Gasteiger charge is -2.35. The van der Waals surface area contributed by atoms with Gasteiger partial charge >= 0.3 is 0 Å². The van der Waals surface area contributed by atoms with E-state index < -0.39 is 0 Å². The number of benzene rings is 1. The first-order valence-electron chi connectivity index (χ1n) is 6.67. The third-order valence-corrected chi connectivity index (χ3v) is 4.19. The van der Waals surface area contributed by atoms with Gasteiger partial charge in [0.25, 0.3) is 0 Å². The maximum Gasteiger partial charge on any atom is 0.122 e. The predicted octanol–water partition coefficient (Wildman–Crippen LogP) is 1.76. The van der Waals surface area contributed by atoms with Crippen LogP contribution in [0.4, 0.5) is 0 Å². The van der Waals surface area contributed by atoms with Gasteiger partial charge in [0.15, 0.2) is 0 Å². The van der Waals surface area contributed by atoms with E-state index in [1.165, 1.54) is 16.7 Å². The van der Waals surface area contributed by atoms with Crippen LogP contribution in [-0.4, -0.2) is 44.7 Å². The molecule has 2 rings (SSSR count). The van der Waals surface area contributed by atoms with Crippen molar-refractivity contribution in [2.75, 3.05) is 33.8 Å². The van der Waals surface area contributed by atoms with E-state index in [2.05, 4.69) is 43.2 Å². The largest absolute Gasteiger partial charge is 0.496 e.